The molecule has 0 atom stereocenters. The Kier molecular flexibility index (Phi) is 5.43. The third kappa shape index (κ3) is 4.47. The van der Waals surface area contributed by atoms with Gasteiger partial charge in [0.05, 0.1) is 12.0 Å². The number of carboxylic acid groups (broad SMARTS) is 1. The van der Waals surface area contributed by atoms with E-state index in [9.17, 15) is 9.59 Å². The van der Waals surface area contributed by atoms with Crippen LogP contribution < -0.4 is 10.1 Å². The van der Waals surface area contributed by atoms with Crippen molar-refractivity contribution in [2.45, 2.75) is 6.42 Å². The SMILES string of the molecule is O=C(O)COc1cc(NC(=O)Cc2ccccc2)ccc1-c1nc2ccccc2o1. The molecule has 0 bridgehead atoms. The summed E-state index contributed by atoms with van der Waals surface area (Å²) in [6.45, 7) is -0.533. The average molecular weight is 402 g/mol. The van der Waals surface area contributed by atoms with E-state index in [1.807, 2.05) is 48.5 Å². The van der Waals surface area contributed by atoms with Crippen molar-refractivity contribution in [1.82, 2.24) is 4.98 Å². The van der Waals surface area contributed by atoms with Gasteiger partial charge in [0, 0.05) is 11.8 Å². The number of nitrogens with zero attached hydrogens (tertiary/aromatic N) is 1. The second-order valence-corrected chi connectivity index (χ2v) is 6.59. The zero-order valence-corrected chi connectivity index (χ0v) is 15.9. The minimum absolute atomic E-state index is 0.194. The molecule has 1 heterocycles. The van der Waals surface area contributed by atoms with E-state index in [2.05, 4.69) is 10.3 Å². The topological polar surface area (TPSA) is 102 Å². The van der Waals surface area contributed by atoms with Gasteiger partial charge in [-0.25, -0.2) is 9.78 Å². The fraction of sp³-hybridized carbons (Fsp3) is 0.0870. The number of aliphatic carboxylic acids is 1. The maximum absolute atomic E-state index is 12.4. The fourth-order valence-corrected chi connectivity index (χ4v) is 3.01. The highest BCUT2D eigenvalue weighted by Gasteiger charge is 2.16. The lowest BCUT2D eigenvalue weighted by Gasteiger charge is -2.11. The van der Waals surface area contributed by atoms with Gasteiger partial charge in [-0.3, -0.25) is 4.79 Å². The summed E-state index contributed by atoms with van der Waals surface area (Å²) in [5.74, 6) is -0.753. The van der Waals surface area contributed by atoms with Gasteiger partial charge in [0.15, 0.2) is 12.2 Å². The van der Waals surface area contributed by atoms with Crippen LogP contribution in [0.2, 0.25) is 0 Å². The number of carbonyl (C=O) groups excluding carboxylic acids is 1. The minimum atomic E-state index is -1.11. The Morgan fingerprint density at radius 3 is 2.53 bits per heavy atom. The van der Waals surface area contributed by atoms with Crippen LogP contribution in [0.15, 0.2) is 77.2 Å². The van der Waals surface area contributed by atoms with Crippen molar-refractivity contribution in [2.24, 2.45) is 0 Å². The predicted molar refractivity (Wildman–Crippen MR) is 111 cm³/mol. The molecular formula is C23H18N2O5. The number of anilines is 1. The van der Waals surface area contributed by atoms with Crippen molar-refractivity contribution in [3.05, 3.63) is 78.4 Å². The number of carbonyl (C=O) groups is 2. The molecular weight excluding hydrogens is 384 g/mol. The molecule has 0 aliphatic heterocycles. The molecule has 0 spiro atoms. The second-order valence-electron chi connectivity index (χ2n) is 6.59. The summed E-state index contributed by atoms with van der Waals surface area (Å²) in [5.41, 5.74) is 3.15. The van der Waals surface area contributed by atoms with Crippen molar-refractivity contribution in [3.8, 4) is 17.2 Å². The molecule has 0 saturated carbocycles. The lowest BCUT2D eigenvalue weighted by Crippen LogP contribution is -2.15. The van der Waals surface area contributed by atoms with Gasteiger partial charge in [-0.1, -0.05) is 42.5 Å². The van der Waals surface area contributed by atoms with E-state index in [4.69, 9.17) is 14.3 Å². The molecule has 30 heavy (non-hydrogen) atoms. The zero-order chi connectivity index (χ0) is 20.9. The van der Waals surface area contributed by atoms with Gasteiger partial charge < -0.3 is 19.6 Å². The number of nitrogens with one attached hydrogen (secondary N) is 1. The number of benzene rings is 3. The molecule has 0 unspecified atom stereocenters. The highest BCUT2D eigenvalue weighted by Crippen LogP contribution is 2.34. The van der Waals surface area contributed by atoms with E-state index in [0.717, 1.165) is 5.56 Å². The quantitative estimate of drug-likeness (QED) is 0.482. The van der Waals surface area contributed by atoms with Gasteiger partial charge in [0.2, 0.25) is 11.8 Å². The first kappa shape index (κ1) is 19.2. The first-order valence-electron chi connectivity index (χ1n) is 9.27. The molecule has 7 heteroatoms. The normalized spacial score (nSPS) is 10.7. The maximum atomic E-state index is 12.4. The standard InChI is InChI=1S/C23H18N2O5/c26-21(12-15-6-2-1-3-7-15)24-16-10-11-17(20(13-16)29-14-22(27)28)23-25-18-8-4-5-9-19(18)30-23/h1-11,13H,12,14H2,(H,24,26)(H,27,28). The number of fused-ring (bicyclic) bond motifs is 1. The Bertz CT molecular complexity index is 1170. The van der Waals surface area contributed by atoms with Gasteiger partial charge in [0.1, 0.15) is 11.3 Å². The van der Waals surface area contributed by atoms with Crippen LogP contribution in [0, 0.1) is 0 Å². The smallest absolute Gasteiger partial charge is 0.341 e. The Balaban J connectivity index is 1.60. The van der Waals surface area contributed by atoms with E-state index in [1.54, 1.807) is 24.3 Å². The molecule has 4 aromatic rings. The van der Waals surface area contributed by atoms with Crippen LogP contribution in [0.25, 0.3) is 22.6 Å². The van der Waals surface area contributed by atoms with E-state index in [0.29, 0.717) is 28.2 Å². The summed E-state index contributed by atoms with van der Waals surface area (Å²) in [7, 11) is 0. The van der Waals surface area contributed by atoms with Crippen molar-refractivity contribution in [3.63, 3.8) is 0 Å². The summed E-state index contributed by atoms with van der Waals surface area (Å²) < 4.78 is 11.2. The third-order valence-electron chi connectivity index (χ3n) is 4.35. The molecule has 2 N–H and O–H groups in total. The number of ether oxygens (including phenoxy) is 1. The number of rotatable bonds is 7. The molecule has 3 aromatic carbocycles. The minimum Gasteiger partial charge on any atom is -0.481 e. The summed E-state index contributed by atoms with van der Waals surface area (Å²) in [4.78, 5) is 27.8. The molecule has 0 radical (unpaired) electrons. The van der Waals surface area contributed by atoms with Crippen molar-refractivity contribution in [2.75, 3.05) is 11.9 Å². The Morgan fingerprint density at radius 2 is 1.77 bits per heavy atom. The first-order valence-corrected chi connectivity index (χ1v) is 9.27. The molecule has 7 nitrogen and oxygen atoms in total. The highest BCUT2D eigenvalue weighted by atomic mass is 16.5. The molecule has 1 amide bonds. The molecule has 0 saturated heterocycles. The van der Waals surface area contributed by atoms with E-state index in [-0.39, 0.29) is 18.1 Å². The zero-order valence-electron chi connectivity index (χ0n) is 15.9. The third-order valence-corrected chi connectivity index (χ3v) is 4.35. The fourth-order valence-electron chi connectivity index (χ4n) is 3.01. The number of carboxylic acids is 1. The van der Waals surface area contributed by atoms with Gasteiger partial charge in [-0.2, -0.15) is 0 Å². The number of hydrogen-bond acceptors (Lipinski definition) is 5. The number of amides is 1. The van der Waals surface area contributed by atoms with Crippen molar-refractivity contribution < 1.29 is 23.8 Å². The Labute approximate surface area is 171 Å². The van der Waals surface area contributed by atoms with Crippen LogP contribution in [-0.4, -0.2) is 28.6 Å². The number of para-hydroxylation sites is 2. The summed E-state index contributed by atoms with van der Waals surface area (Å²) in [6.07, 6.45) is 0.221. The summed E-state index contributed by atoms with van der Waals surface area (Å²) in [5, 5.41) is 11.8. The van der Waals surface area contributed by atoms with E-state index < -0.39 is 12.6 Å². The molecule has 0 aliphatic carbocycles. The van der Waals surface area contributed by atoms with Crippen LogP contribution in [0.3, 0.4) is 0 Å². The highest BCUT2D eigenvalue weighted by molar-refractivity contribution is 5.93. The van der Waals surface area contributed by atoms with Crippen LogP contribution in [0.1, 0.15) is 5.56 Å². The second kappa shape index (κ2) is 8.48. The number of hydrogen-bond donors (Lipinski definition) is 2. The lowest BCUT2D eigenvalue weighted by molar-refractivity contribution is -0.139. The van der Waals surface area contributed by atoms with E-state index >= 15 is 0 Å². The first-order chi connectivity index (χ1) is 14.6. The van der Waals surface area contributed by atoms with Crippen LogP contribution in [0.4, 0.5) is 5.69 Å². The number of aromatic nitrogens is 1. The molecule has 0 fully saturated rings. The molecule has 1 aromatic heterocycles. The Hall–Kier alpha value is -4.13. The maximum Gasteiger partial charge on any atom is 0.341 e. The van der Waals surface area contributed by atoms with Gasteiger partial charge >= 0.3 is 5.97 Å². The average Bonchev–Trinajstić information content (AvgIpc) is 3.17. The van der Waals surface area contributed by atoms with Crippen LogP contribution >= 0.6 is 0 Å². The molecule has 150 valence electrons. The predicted octanol–water partition coefficient (Wildman–Crippen LogP) is 4.14. The van der Waals surface area contributed by atoms with Gasteiger partial charge in [-0.15, -0.1) is 0 Å². The Morgan fingerprint density at radius 1 is 1.00 bits per heavy atom. The van der Waals surface area contributed by atoms with Gasteiger partial charge in [0.25, 0.3) is 0 Å². The summed E-state index contributed by atoms with van der Waals surface area (Å²) >= 11 is 0. The van der Waals surface area contributed by atoms with Crippen LogP contribution in [-0.2, 0) is 16.0 Å². The molecule has 4 rings (SSSR count). The van der Waals surface area contributed by atoms with E-state index in [1.165, 1.54) is 0 Å². The van der Waals surface area contributed by atoms with Crippen molar-refractivity contribution in [1.29, 1.82) is 0 Å². The summed E-state index contributed by atoms with van der Waals surface area (Å²) in [6, 6.07) is 21.6. The van der Waals surface area contributed by atoms with Gasteiger partial charge in [-0.05, 0) is 29.8 Å². The lowest BCUT2D eigenvalue weighted by atomic mass is 10.1. The monoisotopic (exact) mass is 402 g/mol. The largest absolute Gasteiger partial charge is 0.481 e. The van der Waals surface area contributed by atoms with Crippen molar-refractivity contribution >= 4 is 28.7 Å². The number of oxazole rings is 1. The molecule has 0 aliphatic rings. The van der Waals surface area contributed by atoms with Crippen LogP contribution in [0.5, 0.6) is 5.75 Å².